The number of nitrogens with one attached hydrogen (secondary N) is 1. The molecule has 1 N–H and O–H groups in total. The molecule has 7 nitrogen and oxygen atoms in total. The molecule has 1 aliphatic rings. The van der Waals surface area contributed by atoms with E-state index in [0.29, 0.717) is 34.0 Å². The maximum Gasteiger partial charge on any atom is 0.271 e. The number of hydrogen-bond donors (Lipinski definition) is 1. The largest absolute Gasteiger partial charge is 0.457 e. The number of benzene rings is 4. The van der Waals surface area contributed by atoms with Crippen molar-refractivity contribution in [1.82, 2.24) is 0 Å². The highest BCUT2D eigenvalue weighted by molar-refractivity contribution is 7.97. The zero-order valence-corrected chi connectivity index (χ0v) is 21.3. The van der Waals surface area contributed by atoms with E-state index in [1.54, 1.807) is 78.9 Å². The van der Waals surface area contributed by atoms with E-state index in [1.807, 2.05) is 30.3 Å². The van der Waals surface area contributed by atoms with Crippen molar-refractivity contribution in [1.29, 1.82) is 0 Å². The first-order valence-corrected chi connectivity index (χ1v) is 13.4. The number of hydrogen-bond acceptors (Lipinski definition) is 5. The van der Waals surface area contributed by atoms with Crippen molar-refractivity contribution >= 4 is 39.1 Å². The van der Waals surface area contributed by atoms with Gasteiger partial charge in [0, 0.05) is 18.3 Å². The average molecular weight is 525 g/mol. The number of rotatable bonds is 6. The third kappa shape index (κ3) is 5.07. The Bertz CT molecular complexity index is 1620. The van der Waals surface area contributed by atoms with E-state index in [0.717, 1.165) is 0 Å². The van der Waals surface area contributed by atoms with Crippen molar-refractivity contribution in [3.05, 3.63) is 125 Å². The quantitative estimate of drug-likeness (QED) is 0.315. The lowest BCUT2D eigenvalue weighted by Gasteiger charge is -2.23. The zero-order chi connectivity index (χ0) is 26.7. The molecule has 0 radical (unpaired) electrons. The number of carbonyl (C=O) groups excluding carboxylic acids is 2. The Labute approximate surface area is 220 Å². The van der Waals surface area contributed by atoms with Crippen LogP contribution in [0.15, 0.2) is 114 Å². The van der Waals surface area contributed by atoms with Crippen LogP contribution < -0.4 is 15.0 Å². The van der Waals surface area contributed by atoms with E-state index < -0.39 is 21.1 Å². The van der Waals surface area contributed by atoms with Gasteiger partial charge in [0.2, 0.25) is 15.7 Å². The SMILES string of the molecule is CC(=O)Nc1ccc(N2C(=O)/C(=C\c3cccc(Oc4ccccc4)c3)S(=O)(=O)C2c2ccccc2)cc1. The Morgan fingerprint density at radius 3 is 2.13 bits per heavy atom. The van der Waals surface area contributed by atoms with Crippen molar-refractivity contribution in [2.75, 3.05) is 10.2 Å². The second kappa shape index (κ2) is 10.4. The van der Waals surface area contributed by atoms with Gasteiger partial charge in [-0.15, -0.1) is 0 Å². The molecule has 5 rings (SSSR count). The van der Waals surface area contributed by atoms with Crippen LogP contribution in [-0.4, -0.2) is 20.2 Å². The first-order valence-electron chi connectivity index (χ1n) is 11.9. The maximum absolute atomic E-state index is 13.9. The van der Waals surface area contributed by atoms with Crippen LogP contribution in [0.2, 0.25) is 0 Å². The average Bonchev–Trinajstić information content (AvgIpc) is 3.10. The number of para-hydroxylation sites is 1. The van der Waals surface area contributed by atoms with Crippen LogP contribution in [0.5, 0.6) is 11.5 Å². The van der Waals surface area contributed by atoms with Crippen LogP contribution in [0.25, 0.3) is 6.08 Å². The van der Waals surface area contributed by atoms with Gasteiger partial charge >= 0.3 is 0 Å². The summed E-state index contributed by atoms with van der Waals surface area (Å²) in [5, 5.41) is 1.43. The van der Waals surface area contributed by atoms with E-state index in [4.69, 9.17) is 4.74 Å². The van der Waals surface area contributed by atoms with Crippen LogP contribution in [-0.2, 0) is 19.4 Å². The van der Waals surface area contributed by atoms with Crippen LogP contribution in [0.1, 0.15) is 23.4 Å². The van der Waals surface area contributed by atoms with Crippen LogP contribution in [0.4, 0.5) is 11.4 Å². The minimum absolute atomic E-state index is 0.233. The van der Waals surface area contributed by atoms with Gasteiger partial charge in [0.15, 0.2) is 5.37 Å². The number of carbonyl (C=O) groups is 2. The number of amides is 2. The fourth-order valence-electron chi connectivity index (χ4n) is 4.30. The molecule has 38 heavy (non-hydrogen) atoms. The Kier molecular flexibility index (Phi) is 6.81. The molecule has 0 spiro atoms. The van der Waals surface area contributed by atoms with E-state index in [2.05, 4.69) is 5.32 Å². The molecule has 8 heteroatoms. The highest BCUT2D eigenvalue weighted by Gasteiger charge is 2.50. The van der Waals surface area contributed by atoms with Gasteiger partial charge in [0.25, 0.3) is 5.91 Å². The highest BCUT2D eigenvalue weighted by Crippen LogP contribution is 2.43. The van der Waals surface area contributed by atoms with Gasteiger partial charge < -0.3 is 10.1 Å². The molecule has 0 bridgehead atoms. The van der Waals surface area contributed by atoms with Crippen LogP contribution in [0.3, 0.4) is 0 Å². The molecule has 4 aromatic rings. The second-order valence-electron chi connectivity index (χ2n) is 8.71. The number of ether oxygens (including phenoxy) is 1. The molecule has 1 unspecified atom stereocenters. The summed E-state index contributed by atoms with van der Waals surface area (Å²) >= 11 is 0. The van der Waals surface area contributed by atoms with Gasteiger partial charge in [-0.05, 0) is 65.7 Å². The molecule has 1 fully saturated rings. The summed E-state index contributed by atoms with van der Waals surface area (Å²) in [4.78, 5) is 26.1. The molecular weight excluding hydrogens is 500 g/mol. The van der Waals surface area contributed by atoms with Crippen molar-refractivity contribution < 1.29 is 22.7 Å². The molecule has 1 atom stereocenters. The molecule has 2 amide bonds. The Morgan fingerprint density at radius 2 is 1.47 bits per heavy atom. The minimum Gasteiger partial charge on any atom is -0.457 e. The Morgan fingerprint density at radius 1 is 0.842 bits per heavy atom. The predicted octanol–water partition coefficient (Wildman–Crippen LogP) is 5.94. The predicted molar refractivity (Wildman–Crippen MR) is 147 cm³/mol. The third-order valence-electron chi connectivity index (χ3n) is 5.95. The van der Waals surface area contributed by atoms with Gasteiger partial charge in [0.1, 0.15) is 16.4 Å². The standard InChI is InChI=1S/C30H24N2O5S/c1-21(33)31-24-15-17-25(18-16-24)32-29(34)28(38(35,36)30(32)23-10-4-2-5-11-23)20-22-9-8-14-27(19-22)37-26-12-6-3-7-13-26/h2-20,30H,1H3,(H,31,33)/b28-20+. The molecule has 190 valence electrons. The van der Waals surface area contributed by atoms with Gasteiger partial charge in [-0.3, -0.25) is 14.5 Å². The second-order valence-corrected chi connectivity index (χ2v) is 10.7. The van der Waals surface area contributed by atoms with Crippen molar-refractivity contribution in [2.24, 2.45) is 0 Å². The molecule has 0 aliphatic carbocycles. The van der Waals surface area contributed by atoms with Gasteiger partial charge in [-0.2, -0.15) is 0 Å². The van der Waals surface area contributed by atoms with Gasteiger partial charge in [0.05, 0.1) is 0 Å². The lowest BCUT2D eigenvalue weighted by molar-refractivity contribution is -0.115. The summed E-state index contributed by atoms with van der Waals surface area (Å²) < 4.78 is 33.6. The molecule has 0 saturated carbocycles. The van der Waals surface area contributed by atoms with Crippen molar-refractivity contribution in [2.45, 2.75) is 12.3 Å². The fraction of sp³-hybridized carbons (Fsp3) is 0.0667. The lowest BCUT2D eigenvalue weighted by atomic mass is 10.1. The highest BCUT2D eigenvalue weighted by atomic mass is 32.2. The summed E-state index contributed by atoms with van der Waals surface area (Å²) in [6.45, 7) is 1.40. The summed E-state index contributed by atoms with van der Waals surface area (Å²) in [6, 6.07) is 31.2. The smallest absolute Gasteiger partial charge is 0.271 e. The monoisotopic (exact) mass is 524 g/mol. The molecule has 0 aromatic heterocycles. The Hall–Kier alpha value is -4.69. The first kappa shape index (κ1) is 25.0. The van der Waals surface area contributed by atoms with E-state index in [1.165, 1.54) is 17.9 Å². The van der Waals surface area contributed by atoms with Crippen molar-refractivity contribution in [3.63, 3.8) is 0 Å². The van der Waals surface area contributed by atoms with Gasteiger partial charge in [-0.25, -0.2) is 8.42 Å². The van der Waals surface area contributed by atoms with Crippen LogP contribution in [0, 0.1) is 0 Å². The van der Waals surface area contributed by atoms with Gasteiger partial charge in [-0.1, -0.05) is 60.7 Å². The summed E-state index contributed by atoms with van der Waals surface area (Å²) in [5.41, 5.74) is 1.92. The summed E-state index contributed by atoms with van der Waals surface area (Å²) in [7, 11) is -4.10. The first-order chi connectivity index (χ1) is 18.3. The zero-order valence-electron chi connectivity index (χ0n) is 20.4. The molecule has 4 aromatic carbocycles. The third-order valence-corrected chi connectivity index (χ3v) is 7.93. The summed E-state index contributed by atoms with van der Waals surface area (Å²) in [6.07, 6.45) is 1.39. The molecular formula is C30H24N2O5S. The van der Waals surface area contributed by atoms with E-state index in [9.17, 15) is 18.0 Å². The molecule has 1 aliphatic heterocycles. The van der Waals surface area contributed by atoms with E-state index >= 15 is 0 Å². The molecule has 1 saturated heterocycles. The molecule has 1 heterocycles. The number of sulfone groups is 1. The topological polar surface area (TPSA) is 92.8 Å². The number of nitrogens with zero attached hydrogens (tertiary/aromatic N) is 1. The van der Waals surface area contributed by atoms with Crippen LogP contribution >= 0.6 is 0 Å². The maximum atomic E-state index is 13.9. The lowest BCUT2D eigenvalue weighted by Crippen LogP contribution is -2.28. The summed E-state index contributed by atoms with van der Waals surface area (Å²) in [5.74, 6) is 0.280. The fourth-order valence-corrected chi connectivity index (χ4v) is 6.19. The normalized spacial score (nSPS) is 17.4. The van der Waals surface area contributed by atoms with E-state index in [-0.39, 0.29) is 10.8 Å². The number of anilines is 2. The minimum atomic E-state index is -4.10. The van der Waals surface area contributed by atoms with Crippen molar-refractivity contribution in [3.8, 4) is 11.5 Å². The Balaban J connectivity index is 1.56.